The van der Waals surface area contributed by atoms with Crippen LogP contribution in [0.3, 0.4) is 0 Å². The van der Waals surface area contributed by atoms with Crippen molar-refractivity contribution in [1.82, 2.24) is 4.57 Å². The molecule has 0 bridgehead atoms. The summed E-state index contributed by atoms with van der Waals surface area (Å²) in [5, 5.41) is 0.902. The minimum absolute atomic E-state index is 0.0409. The lowest BCUT2D eigenvalue weighted by Gasteiger charge is -2.20. The molecule has 0 saturated carbocycles. The van der Waals surface area contributed by atoms with E-state index >= 15 is 0 Å². The fraction of sp³-hybridized carbons (Fsp3) is 0.333. The van der Waals surface area contributed by atoms with Crippen molar-refractivity contribution in [3.63, 3.8) is 0 Å². The van der Waals surface area contributed by atoms with E-state index in [0.717, 1.165) is 41.5 Å². The molecule has 0 aliphatic carbocycles. The van der Waals surface area contributed by atoms with E-state index < -0.39 is 0 Å². The number of esters is 1. The molecule has 3 aromatic carbocycles. The maximum absolute atomic E-state index is 13.6. The lowest BCUT2D eigenvalue weighted by Crippen LogP contribution is -2.08. The molecule has 41 heavy (non-hydrogen) atoms. The van der Waals surface area contributed by atoms with Crippen molar-refractivity contribution in [2.45, 2.75) is 65.5 Å². The molecule has 5 nitrogen and oxygen atoms in total. The Bertz CT molecular complexity index is 1450. The van der Waals surface area contributed by atoms with Crippen molar-refractivity contribution in [1.29, 1.82) is 0 Å². The molecule has 0 N–H and O–H groups in total. The molecule has 4 aromatic rings. The molecule has 5 heteroatoms. The van der Waals surface area contributed by atoms with Crippen LogP contribution in [-0.2, 0) is 22.5 Å². The van der Waals surface area contributed by atoms with Gasteiger partial charge in [0.15, 0.2) is 5.78 Å². The number of benzene rings is 3. The van der Waals surface area contributed by atoms with Gasteiger partial charge >= 0.3 is 5.97 Å². The Morgan fingerprint density at radius 3 is 2.39 bits per heavy atom. The van der Waals surface area contributed by atoms with Gasteiger partial charge in [0.1, 0.15) is 11.9 Å². The first kappa shape index (κ1) is 29.9. The predicted octanol–water partition coefficient (Wildman–Crippen LogP) is 8.50. The molecule has 0 aliphatic heterocycles. The Kier molecular flexibility index (Phi) is 10.6. The summed E-state index contributed by atoms with van der Waals surface area (Å²) < 4.78 is 13.5. The van der Waals surface area contributed by atoms with E-state index in [0.29, 0.717) is 43.0 Å². The van der Waals surface area contributed by atoms with Crippen LogP contribution in [0.4, 0.5) is 0 Å². The Hall–Kier alpha value is -4.12. The summed E-state index contributed by atoms with van der Waals surface area (Å²) in [5.74, 6) is 1.10. The number of aryl methyl sites for hydroxylation is 1. The zero-order chi connectivity index (χ0) is 29.2. The molecule has 0 spiro atoms. The third-order valence-electron chi connectivity index (χ3n) is 7.14. The number of para-hydroxylation sites is 1. The van der Waals surface area contributed by atoms with Gasteiger partial charge in [-0.2, -0.15) is 0 Å². The second-order valence-corrected chi connectivity index (χ2v) is 10.8. The highest BCUT2D eigenvalue weighted by molar-refractivity contribution is 6.16. The summed E-state index contributed by atoms with van der Waals surface area (Å²) in [4.78, 5) is 25.4. The van der Waals surface area contributed by atoms with Crippen molar-refractivity contribution in [3.8, 4) is 5.75 Å². The van der Waals surface area contributed by atoms with Gasteiger partial charge in [0.25, 0.3) is 0 Å². The molecule has 0 saturated heterocycles. The summed E-state index contributed by atoms with van der Waals surface area (Å²) >= 11 is 0. The summed E-state index contributed by atoms with van der Waals surface area (Å²) in [7, 11) is 0. The Morgan fingerprint density at radius 2 is 1.71 bits per heavy atom. The van der Waals surface area contributed by atoms with Gasteiger partial charge in [-0.05, 0) is 80.0 Å². The van der Waals surface area contributed by atoms with E-state index in [4.69, 9.17) is 9.47 Å². The third kappa shape index (κ3) is 7.97. The lowest BCUT2D eigenvalue weighted by atomic mass is 9.98. The van der Waals surface area contributed by atoms with Crippen molar-refractivity contribution in [2.24, 2.45) is 5.92 Å². The van der Waals surface area contributed by atoms with Crippen LogP contribution in [0.1, 0.15) is 79.6 Å². The second kappa shape index (κ2) is 14.5. The molecule has 0 aliphatic rings. The van der Waals surface area contributed by atoms with Crippen LogP contribution in [0.15, 0.2) is 91.6 Å². The van der Waals surface area contributed by atoms with Gasteiger partial charge in [0.2, 0.25) is 0 Å². The van der Waals surface area contributed by atoms with Gasteiger partial charge in [0, 0.05) is 41.2 Å². The Morgan fingerprint density at radius 1 is 0.976 bits per heavy atom. The average Bonchev–Trinajstić information content (AvgIpc) is 3.34. The van der Waals surface area contributed by atoms with Gasteiger partial charge in [-0.1, -0.05) is 62.4 Å². The number of ether oxygens (including phenoxy) is 2. The van der Waals surface area contributed by atoms with Crippen molar-refractivity contribution in [2.75, 3.05) is 6.61 Å². The van der Waals surface area contributed by atoms with Crippen molar-refractivity contribution in [3.05, 3.63) is 114 Å². The number of hydrogen-bond donors (Lipinski definition) is 0. The monoisotopic (exact) mass is 551 g/mol. The highest BCUT2D eigenvalue weighted by Gasteiger charge is 2.18. The molecule has 4 rings (SSSR count). The number of fused-ring (bicyclic) bond motifs is 1. The molecule has 1 aromatic heterocycles. The van der Waals surface area contributed by atoms with Gasteiger partial charge in [0.05, 0.1) is 6.61 Å². The first-order valence-corrected chi connectivity index (χ1v) is 14.6. The number of carbonyl (C=O) groups excluding carboxylic acids is 2. The minimum Gasteiger partial charge on any atom is -0.486 e. The van der Waals surface area contributed by atoms with E-state index in [-0.39, 0.29) is 17.9 Å². The average molecular weight is 552 g/mol. The maximum atomic E-state index is 13.6. The van der Waals surface area contributed by atoms with E-state index in [2.05, 4.69) is 49.3 Å². The number of allylic oxidation sites excluding steroid dienone is 1. The molecule has 1 unspecified atom stereocenters. The first-order valence-electron chi connectivity index (χ1n) is 14.6. The molecule has 0 amide bonds. The van der Waals surface area contributed by atoms with Gasteiger partial charge in [-0.25, -0.2) is 0 Å². The highest BCUT2D eigenvalue weighted by Crippen LogP contribution is 2.29. The number of carbonyl (C=O) groups is 2. The zero-order valence-electron chi connectivity index (χ0n) is 24.5. The van der Waals surface area contributed by atoms with Crippen LogP contribution >= 0.6 is 0 Å². The summed E-state index contributed by atoms with van der Waals surface area (Å²) in [6, 6.07) is 24.0. The number of nitrogens with zero attached hydrogens (tertiary/aromatic N) is 1. The molecule has 0 radical (unpaired) electrons. The van der Waals surface area contributed by atoms with Crippen LogP contribution in [0.2, 0.25) is 0 Å². The SMILES string of the molecule is C=CCCC(Oc1ccc(C(=O)c2cn(CCCC(=O)OCC)c3ccccc23)cc1)c1ccc(CC(C)C)cc1. The third-order valence-corrected chi connectivity index (χ3v) is 7.14. The normalized spacial score (nSPS) is 11.9. The van der Waals surface area contributed by atoms with Gasteiger partial charge in [-0.15, -0.1) is 6.58 Å². The fourth-order valence-electron chi connectivity index (χ4n) is 5.15. The standard InChI is InChI=1S/C36H41NO4/c1-5-7-13-34(28-17-15-27(16-18-28)24-26(3)4)41-30-21-19-29(20-22-30)36(39)32-25-37(23-10-14-35(38)40-6-2)33-12-9-8-11-31(32)33/h5,8-9,11-12,15-22,25-26,34H,1,6-7,10,13-14,23-24H2,2-4H3. The van der Waals surface area contributed by atoms with Crippen LogP contribution in [0, 0.1) is 5.92 Å². The van der Waals surface area contributed by atoms with Crippen LogP contribution in [-0.4, -0.2) is 22.9 Å². The van der Waals surface area contributed by atoms with Gasteiger partial charge in [-0.3, -0.25) is 9.59 Å². The zero-order valence-corrected chi connectivity index (χ0v) is 24.5. The Labute approximate surface area is 243 Å². The van der Waals surface area contributed by atoms with Gasteiger partial charge < -0.3 is 14.0 Å². The predicted molar refractivity (Wildman–Crippen MR) is 165 cm³/mol. The van der Waals surface area contributed by atoms with Crippen LogP contribution in [0.5, 0.6) is 5.75 Å². The van der Waals surface area contributed by atoms with Crippen LogP contribution < -0.4 is 4.74 Å². The molecule has 1 atom stereocenters. The maximum Gasteiger partial charge on any atom is 0.305 e. The molecule has 0 fully saturated rings. The fourth-order valence-corrected chi connectivity index (χ4v) is 5.15. The number of hydrogen-bond acceptors (Lipinski definition) is 4. The minimum atomic E-state index is -0.197. The molecular formula is C36H41NO4. The number of aromatic nitrogens is 1. The summed E-state index contributed by atoms with van der Waals surface area (Å²) in [5.41, 5.74) is 4.69. The second-order valence-electron chi connectivity index (χ2n) is 10.8. The van der Waals surface area contributed by atoms with E-state index in [9.17, 15) is 9.59 Å². The number of rotatable bonds is 15. The topological polar surface area (TPSA) is 57.5 Å². The van der Waals surface area contributed by atoms with Crippen LogP contribution in [0.25, 0.3) is 10.9 Å². The van der Waals surface area contributed by atoms with Crippen molar-refractivity contribution < 1.29 is 19.1 Å². The summed E-state index contributed by atoms with van der Waals surface area (Å²) in [6.45, 7) is 11.2. The van der Waals surface area contributed by atoms with E-state index in [1.807, 2.05) is 67.7 Å². The smallest absolute Gasteiger partial charge is 0.305 e. The van der Waals surface area contributed by atoms with Crippen molar-refractivity contribution >= 4 is 22.7 Å². The van der Waals surface area contributed by atoms with E-state index in [1.165, 1.54) is 5.56 Å². The highest BCUT2D eigenvalue weighted by atomic mass is 16.5. The first-order chi connectivity index (χ1) is 19.9. The molecule has 1 heterocycles. The molecular weight excluding hydrogens is 510 g/mol. The quantitative estimate of drug-likeness (QED) is 0.0844. The number of ketones is 1. The largest absolute Gasteiger partial charge is 0.486 e. The summed E-state index contributed by atoms with van der Waals surface area (Å²) in [6.07, 6.45) is 7.43. The van der Waals surface area contributed by atoms with E-state index in [1.54, 1.807) is 0 Å². The lowest BCUT2D eigenvalue weighted by molar-refractivity contribution is -0.143. The Balaban J connectivity index is 1.49. The molecule has 214 valence electrons.